The lowest BCUT2D eigenvalue weighted by Gasteiger charge is -2.09. The van der Waals surface area contributed by atoms with Crippen LogP contribution < -0.4 is 5.32 Å². The Labute approximate surface area is 181 Å². The number of aromatic nitrogens is 3. The van der Waals surface area contributed by atoms with E-state index in [2.05, 4.69) is 15.6 Å². The lowest BCUT2D eigenvalue weighted by atomic mass is 10.1. The van der Waals surface area contributed by atoms with Crippen LogP contribution in [0.5, 0.6) is 0 Å². The van der Waals surface area contributed by atoms with Crippen LogP contribution in [0.4, 0.5) is 5.69 Å². The number of carbonyl (C=O) groups excluding carboxylic acids is 1. The first-order valence-electron chi connectivity index (χ1n) is 8.55. The zero-order valence-electron chi connectivity index (χ0n) is 14.8. The summed E-state index contributed by atoms with van der Waals surface area (Å²) in [6.45, 7) is 0. The maximum absolute atomic E-state index is 12.5. The Hall–Kier alpha value is -2.86. The molecule has 1 N–H and O–H groups in total. The number of rotatable bonds is 4. The van der Waals surface area contributed by atoms with Crippen molar-refractivity contribution >= 4 is 46.4 Å². The van der Waals surface area contributed by atoms with E-state index >= 15 is 0 Å². The van der Waals surface area contributed by atoms with Gasteiger partial charge in [-0.3, -0.25) is 4.79 Å². The van der Waals surface area contributed by atoms with E-state index in [0.29, 0.717) is 26.3 Å². The summed E-state index contributed by atoms with van der Waals surface area (Å²) in [4.78, 5) is 12.5. The zero-order valence-corrected chi connectivity index (χ0v) is 17.1. The van der Waals surface area contributed by atoms with Crippen molar-refractivity contribution in [3.8, 4) is 16.9 Å². The Kier molecular flexibility index (Phi) is 5.53. The molecule has 4 rings (SSSR count). The minimum absolute atomic E-state index is 0.294. The summed E-state index contributed by atoms with van der Waals surface area (Å²) in [5.74, 6) is -0.294. The van der Waals surface area contributed by atoms with Gasteiger partial charge in [-0.25, -0.2) is 4.68 Å². The molecule has 144 valence electrons. The van der Waals surface area contributed by atoms with Gasteiger partial charge in [-0.15, -0.1) is 5.10 Å². The second-order valence-electron chi connectivity index (χ2n) is 6.16. The van der Waals surface area contributed by atoms with Crippen LogP contribution in [0.2, 0.25) is 15.1 Å². The molecule has 1 amide bonds. The summed E-state index contributed by atoms with van der Waals surface area (Å²) in [5, 5.41) is 12.5. The number of nitrogens with zero attached hydrogens (tertiary/aromatic N) is 3. The van der Waals surface area contributed by atoms with Gasteiger partial charge in [0.15, 0.2) is 0 Å². The van der Waals surface area contributed by atoms with Gasteiger partial charge >= 0.3 is 0 Å². The third-order valence-electron chi connectivity index (χ3n) is 4.24. The first-order chi connectivity index (χ1) is 14.0. The summed E-state index contributed by atoms with van der Waals surface area (Å²) in [6, 6.07) is 19.3. The first kappa shape index (κ1) is 19.5. The molecule has 0 atom stereocenters. The Morgan fingerprint density at radius 1 is 0.862 bits per heavy atom. The van der Waals surface area contributed by atoms with Gasteiger partial charge in [0.2, 0.25) is 0 Å². The molecule has 5 nitrogen and oxygen atoms in total. The number of halogens is 3. The summed E-state index contributed by atoms with van der Waals surface area (Å²) >= 11 is 18.0. The molecule has 0 aliphatic carbocycles. The highest BCUT2D eigenvalue weighted by molar-refractivity contribution is 6.35. The molecule has 0 unspecified atom stereocenters. The van der Waals surface area contributed by atoms with Crippen molar-refractivity contribution in [1.82, 2.24) is 15.0 Å². The predicted molar refractivity (Wildman–Crippen MR) is 116 cm³/mol. The van der Waals surface area contributed by atoms with Gasteiger partial charge in [0, 0.05) is 21.2 Å². The number of carbonyl (C=O) groups is 1. The molecule has 0 aliphatic heterocycles. The molecule has 0 bridgehead atoms. The summed E-state index contributed by atoms with van der Waals surface area (Å²) in [7, 11) is 0. The predicted octanol–water partition coefficient (Wildman–Crippen LogP) is 6.15. The summed E-state index contributed by atoms with van der Waals surface area (Å²) in [6.07, 6.45) is 1.67. The summed E-state index contributed by atoms with van der Waals surface area (Å²) < 4.78 is 1.69. The largest absolute Gasteiger partial charge is 0.321 e. The third kappa shape index (κ3) is 4.27. The van der Waals surface area contributed by atoms with Crippen LogP contribution in [-0.2, 0) is 0 Å². The zero-order chi connectivity index (χ0) is 20.4. The number of hydrogen-bond donors (Lipinski definition) is 1. The highest BCUT2D eigenvalue weighted by Crippen LogP contribution is 2.26. The average molecular weight is 444 g/mol. The van der Waals surface area contributed by atoms with Gasteiger partial charge in [0.1, 0.15) is 0 Å². The minimum atomic E-state index is -0.294. The maximum atomic E-state index is 12.5. The Bertz CT molecular complexity index is 1170. The second kappa shape index (κ2) is 8.25. The van der Waals surface area contributed by atoms with E-state index in [-0.39, 0.29) is 5.91 Å². The Morgan fingerprint density at radius 3 is 2.28 bits per heavy atom. The molecule has 0 saturated heterocycles. The molecule has 4 aromatic rings. The molecule has 0 radical (unpaired) electrons. The quantitative estimate of drug-likeness (QED) is 0.412. The Balaban J connectivity index is 1.57. The van der Waals surface area contributed by atoms with Crippen LogP contribution in [-0.4, -0.2) is 20.9 Å². The van der Waals surface area contributed by atoms with Gasteiger partial charge in [-0.1, -0.05) is 52.1 Å². The lowest BCUT2D eigenvalue weighted by molar-refractivity contribution is 0.102. The van der Waals surface area contributed by atoms with Crippen LogP contribution in [0.15, 0.2) is 72.9 Å². The van der Waals surface area contributed by atoms with Gasteiger partial charge in [-0.05, 0) is 54.6 Å². The standard InChI is InChI=1S/C21H13Cl3N4O/c22-15-5-1-13(2-6-15)20-12-25-27-28(20)17-8-3-14(4-9-17)21(29)26-19-11-16(23)7-10-18(19)24/h1-12H,(H,26,29). The molecule has 0 fully saturated rings. The fourth-order valence-corrected chi connectivity index (χ4v) is 3.25. The van der Waals surface area contributed by atoms with Gasteiger partial charge in [0.25, 0.3) is 5.91 Å². The highest BCUT2D eigenvalue weighted by Gasteiger charge is 2.12. The fourth-order valence-electron chi connectivity index (χ4n) is 2.78. The molecular weight excluding hydrogens is 431 g/mol. The minimum Gasteiger partial charge on any atom is -0.321 e. The van der Waals surface area contributed by atoms with Crippen molar-refractivity contribution < 1.29 is 4.79 Å². The summed E-state index contributed by atoms with van der Waals surface area (Å²) in [5.41, 5.74) is 3.43. The molecule has 29 heavy (non-hydrogen) atoms. The van der Waals surface area contributed by atoms with Crippen LogP contribution in [0.25, 0.3) is 16.9 Å². The van der Waals surface area contributed by atoms with Crippen LogP contribution in [0.3, 0.4) is 0 Å². The molecular formula is C21H13Cl3N4O. The number of nitrogens with one attached hydrogen (secondary N) is 1. The number of hydrogen-bond acceptors (Lipinski definition) is 3. The van der Waals surface area contributed by atoms with E-state index in [1.165, 1.54) is 0 Å². The van der Waals surface area contributed by atoms with E-state index in [1.54, 1.807) is 53.3 Å². The molecule has 0 aliphatic rings. The van der Waals surface area contributed by atoms with E-state index < -0.39 is 0 Å². The van der Waals surface area contributed by atoms with E-state index in [4.69, 9.17) is 34.8 Å². The smallest absolute Gasteiger partial charge is 0.255 e. The van der Waals surface area contributed by atoms with Crippen molar-refractivity contribution in [1.29, 1.82) is 0 Å². The fraction of sp³-hybridized carbons (Fsp3) is 0. The molecule has 3 aromatic carbocycles. The molecule has 0 spiro atoms. The van der Waals surface area contributed by atoms with Crippen molar-refractivity contribution in [3.63, 3.8) is 0 Å². The normalized spacial score (nSPS) is 10.7. The van der Waals surface area contributed by atoms with Crippen molar-refractivity contribution in [3.05, 3.63) is 93.6 Å². The number of benzene rings is 3. The lowest BCUT2D eigenvalue weighted by Crippen LogP contribution is -2.12. The molecule has 1 aromatic heterocycles. The van der Waals surface area contributed by atoms with E-state index in [0.717, 1.165) is 16.9 Å². The van der Waals surface area contributed by atoms with Crippen LogP contribution in [0, 0.1) is 0 Å². The second-order valence-corrected chi connectivity index (χ2v) is 7.44. The Morgan fingerprint density at radius 2 is 1.55 bits per heavy atom. The van der Waals surface area contributed by atoms with Crippen molar-refractivity contribution in [2.75, 3.05) is 5.32 Å². The van der Waals surface area contributed by atoms with Gasteiger partial charge < -0.3 is 5.32 Å². The average Bonchev–Trinajstić information content (AvgIpc) is 3.21. The number of anilines is 1. The van der Waals surface area contributed by atoms with Gasteiger partial charge in [0.05, 0.1) is 28.3 Å². The van der Waals surface area contributed by atoms with Gasteiger partial charge in [-0.2, -0.15) is 0 Å². The molecule has 8 heteroatoms. The SMILES string of the molecule is O=C(Nc1cc(Cl)ccc1Cl)c1ccc(-n2nncc2-c2ccc(Cl)cc2)cc1. The molecule has 1 heterocycles. The van der Waals surface area contributed by atoms with E-state index in [1.807, 2.05) is 24.3 Å². The number of amides is 1. The van der Waals surface area contributed by atoms with E-state index in [9.17, 15) is 4.79 Å². The van der Waals surface area contributed by atoms with Crippen LogP contribution >= 0.6 is 34.8 Å². The topological polar surface area (TPSA) is 59.8 Å². The maximum Gasteiger partial charge on any atom is 0.255 e. The van der Waals surface area contributed by atoms with Crippen LogP contribution in [0.1, 0.15) is 10.4 Å². The monoisotopic (exact) mass is 442 g/mol. The molecule has 0 saturated carbocycles. The van der Waals surface area contributed by atoms with Crippen molar-refractivity contribution in [2.45, 2.75) is 0 Å². The highest BCUT2D eigenvalue weighted by atomic mass is 35.5. The third-order valence-corrected chi connectivity index (χ3v) is 5.06. The van der Waals surface area contributed by atoms with Crippen molar-refractivity contribution in [2.24, 2.45) is 0 Å². The first-order valence-corrected chi connectivity index (χ1v) is 9.68.